The number of nitrogens with two attached hydrogens (primary N) is 1. The maximum atomic E-state index is 13.7. The van der Waals surface area contributed by atoms with Crippen LogP contribution in [0.4, 0.5) is 11.4 Å². The first-order valence-corrected chi connectivity index (χ1v) is 11.7. The molecule has 0 radical (unpaired) electrons. The van der Waals surface area contributed by atoms with Gasteiger partial charge in [0.2, 0.25) is 5.91 Å². The molecule has 1 aliphatic carbocycles. The third-order valence-corrected chi connectivity index (χ3v) is 7.56. The zero-order chi connectivity index (χ0) is 22.3. The summed E-state index contributed by atoms with van der Waals surface area (Å²) in [5.41, 5.74) is 9.60. The van der Waals surface area contributed by atoms with Gasteiger partial charge in [-0.15, -0.1) is 0 Å². The fourth-order valence-electron chi connectivity index (χ4n) is 5.37. The molecular weight excluding hydrogens is 402 g/mol. The lowest BCUT2D eigenvalue weighted by molar-refractivity contribution is -0.126. The van der Waals surface area contributed by atoms with E-state index in [9.17, 15) is 4.79 Å². The number of carbonyl (C=O) groups excluding carboxylic acids is 1. The average Bonchev–Trinajstić information content (AvgIpc) is 3.01. The molecule has 6 heteroatoms. The van der Waals surface area contributed by atoms with Crippen molar-refractivity contribution in [3.63, 3.8) is 0 Å². The number of likely N-dealkylation sites (tertiary alicyclic amines) is 1. The summed E-state index contributed by atoms with van der Waals surface area (Å²) in [5, 5.41) is 0. The van der Waals surface area contributed by atoms with Crippen LogP contribution in [0.15, 0.2) is 36.4 Å². The highest BCUT2D eigenvalue weighted by molar-refractivity contribution is 6.10. The molecular formula is C26H33N3O3. The van der Waals surface area contributed by atoms with E-state index >= 15 is 0 Å². The second-order valence-corrected chi connectivity index (χ2v) is 9.65. The van der Waals surface area contributed by atoms with Crippen molar-refractivity contribution in [2.75, 3.05) is 44.5 Å². The fraction of sp³-hybridized carbons (Fsp3) is 0.500. The van der Waals surface area contributed by atoms with Gasteiger partial charge in [-0.1, -0.05) is 18.6 Å². The van der Waals surface area contributed by atoms with Crippen LogP contribution in [-0.2, 0) is 16.8 Å². The Morgan fingerprint density at radius 1 is 1.12 bits per heavy atom. The van der Waals surface area contributed by atoms with Crippen LogP contribution in [0.1, 0.15) is 43.2 Å². The van der Waals surface area contributed by atoms with Crippen LogP contribution in [0.25, 0.3) is 0 Å². The van der Waals surface area contributed by atoms with E-state index in [1.165, 1.54) is 0 Å². The third-order valence-electron chi connectivity index (χ3n) is 7.56. The van der Waals surface area contributed by atoms with E-state index in [0.29, 0.717) is 24.8 Å². The molecule has 2 N–H and O–H groups in total. The Morgan fingerprint density at radius 2 is 1.84 bits per heavy atom. The minimum atomic E-state index is -0.428. The minimum absolute atomic E-state index is 0.185. The minimum Gasteiger partial charge on any atom is -0.497 e. The molecule has 0 aromatic heterocycles. The molecule has 32 heavy (non-hydrogen) atoms. The van der Waals surface area contributed by atoms with Crippen molar-refractivity contribution < 1.29 is 14.3 Å². The zero-order valence-electron chi connectivity index (χ0n) is 19.1. The standard InChI is InChI=1S/C26H33N3O3/c1-28-12-8-19(9-13-28)17-32-23-15-20(27)14-22-24(23)29(25(30)26(22)10-3-11-26)16-18-4-6-21(31-2)7-5-18/h4-7,14-15,19H,3,8-13,16-17,27H2,1-2H3. The topological polar surface area (TPSA) is 68.0 Å². The fourth-order valence-corrected chi connectivity index (χ4v) is 5.37. The highest BCUT2D eigenvalue weighted by Crippen LogP contribution is 2.57. The summed E-state index contributed by atoms with van der Waals surface area (Å²) in [6, 6.07) is 11.8. The van der Waals surface area contributed by atoms with E-state index in [1.807, 2.05) is 41.3 Å². The van der Waals surface area contributed by atoms with Crippen molar-refractivity contribution in [3.05, 3.63) is 47.5 Å². The Balaban J connectivity index is 1.45. The number of carbonyl (C=O) groups is 1. The Labute approximate surface area is 190 Å². The van der Waals surface area contributed by atoms with E-state index in [0.717, 1.165) is 73.5 Å². The summed E-state index contributed by atoms with van der Waals surface area (Å²) >= 11 is 0. The molecule has 1 spiro atoms. The van der Waals surface area contributed by atoms with Gasteiger partial charge < -0.3 is 25.0 Å². The van der Waals surface area contributed by atoms with Crippen LogP contribution >= 0.6 is 0 Å². The number of ether oxygens (including phenoxy) is 2. The van der Waals surface area contributed by atoms with Crippen LogP contribution in [0, 0.1) is 5.92 Å². The van der Waals surface area contributed by atoms with E-state index in [1.54, 1.807) is 7.11 Å². The highest BCUT2D eigenvalue weighted by Gasteiger charge is 2.55. The van der Waals surface area contributed by atoms with Gasteiger partial charge in [-0.25, -0.2) is 0 Å². The monoisotopic (exact) mass is 435 g/mol. The van der Waals surface area contributed by atoms with E-state index in [-0.39, 0.29) is 5.91 Å². The van der Waals surface area contributed by atoms with Crippen molar-refractivity contribution in [2.24, 2.45) is 5.92 Å². The van der Waals surface area contributed by atoms with Gasteiger partial charge in [-0.2, -0.15) is 0 Å². The molecule has 0 atom stereocenters. The quantitative estimate of drug-likeness (QED) is 0.696. The number of fused-ring (bicyclic) bond motifs is 2. The Bertz CT molecular complexity index is 992. The molecule has 5 rings (SSSR count). The number of rotatable bonds is 6. The number of hydrogen-bond donors (Lipinski definition) is 1. The van der Waals surface area contributed by atoms with E-state index in [2.05, 4.69) is 11.9 Å². The van der Waals surface area contributed by atoms with Gasteiger partial charge in [-0.05, 0) is 81.1 Å². The molecule has 6 nitrogen and oxygen atoms in total. The van der Waals surface area contributed by atoms with Crippen LogP contribution in [0.5, 0.6) is 11.5 Å². The Kier molecular flexibility index (Phi) is 5.49. The van der Waals surface area contributed by atoms with Crippen molar-refractivity contribution in [3.8, 4) is 11.5 Å². The molecule has 1 amide bonds. The van der Waals surface area contributed by atoms with Crippen LogP contribution < -0.4 is 20.1 Å². The van der Waals surface area contributed by atoms with Crippen LogP contribution in [0.2, 0.25) is 0 Å². The number of amides is 1. The van der Waals surface area contributed by atoms with Crippen LogP contribution in [0.3, 0.4) is 0 Å². The lowest BCUT2D eigenvalue weighted by atomic mass is 9.65. The van der Waals surface area contributed by atoms with Gasteiger partial charge in [0.1, 0.15) is 11.5 Å². The van der Waals surface area contributed by atoms with Crippen molar-refractivity contribution in [1.82, 2.24) is 4.90 Å². The number of hydrogen-bond acceptors (Lipinski definition) is 5. The van der Waals surface area contributed by atoms with Gasteiger partial charge >= 0.3 is 0 Å². The molecule has 2 heterocycles. The van der Waals surface area contributed by atoms with Gasteiger partial charge in [-0.3, -0.25) is 4.79 Å². The Morgan fingerprint density at radius 3 is 2.47 bits per heavy atom. The van der Waals surface area contributed by atoms with E-state index in [4.69, 9.17) is 15.2 Å². The highest BCUT2D eigenvalue weighted by atomic mass is 16.5. The molecule has 3 aliphatic rings. The largest absolute Gasteiger partial charge is 0.497 e. The number of piperidine rings is 1. The molecule has 0 bridgehead atoms. The second kappa shape index (κ2) is 8.32. The maximum Gasteiger partial charge on any atom is 0.238 e. The predicted molar refractivity (Wildman–Crippen MR) is 126 cm³/mol. The molecule has 2 aromatic rings. The van der Waals surface area contributed by atoms with Gasteiger partial charge in [0.15, 0.2) is 0 Å². The van der Waals surface area contributed by atoms with E-state index < -0.39 is 5.41 Å². The normalized spacial score (nSPS) is 20.3. The molecule has 2 fully saturated rings. The first-order valence-electron chi connectivity index (χ1n) is 11.7. The summed E-state index contributed by atoms with van der Waals surface area (Å²) in [4.78, 5) is 18.0. The molecule has 1 saturated carbocycles. The summed E-state index contributed by atoms with van der Waals surface area (Å²) in [7, 11) is 3.83. The average molecular weight is 436 g/mol. The van der Waals surface area contributed by atoms with Crippen LogP contribution in [-0.4, -0.2) is 44.7 Å². The molecule has 2 aliphatic heterocycles. The molecule has 170 valence electrons. The first-order chi connectivity index (χ1) is 15.5. The number of anilines is 2. The predicted octanol–water partition coefficient (Wildman–Crippen LogP) is 3.97. The Hall–Kier alpha value is -2.73. The van der Waals surface area contributed by atoms with Gasteiger partial charge in [0.05, 0.1) is 31.4 Å². The summed E-state index contributed by atoms with van der Waals surface area (Å²) in [6.07, 6.45) is 5.12. The lowest BCUT2D eigenvalue weighted by Crippen LogP contribution is -2.44. The van der Waals surface area contributed by atoms with Gasteiger partial charge in [0.25, 0.3) is 0 Å². The SMILES string of the molecule is COc1ccc(CN2C(=O)C3(CCC3)c3cc(N)cc(OCC4CCN(C)CC4)c32)cc1. The second-order valence-electron chi connectivity index (χ2n) is 9.65. The number of methoxy groups -OCH3 is 1. The van der Waals surface area contributed by atoms with Crippen molar-refractivity contribution in [1.29, 1.82) is 0 Å². The number of nitrogens with zero attached hydrogens (tertiary/aromatic N) is 2. The number of benzene rings is 2. The molecule has 2 aromatic carbocycles. The molecule has 1 saturated heterocycles. The smallest absolute Gasteiger partial charge is 0.238 e. The summed E-state index contributed by atoms with van der Waals surface area (Å²) in [6.45, 7) is 3.40. The summed E-state index contributed by atoms with van der Waals surface area (Å²) < 4.78 is 11.7. The summed E-state index contributed by atoms with van der Waals surface area (Å²) in [5.74, 6) is 2.29. The lowest BCUT2D eigenvalue weighted by Gasteiger charge is -2.37. The molecule has 0 unspecified atom stereocenters. The zero-order valence-corrected chi connectivity index (χ0v) is 19.1. The van der Waals surface area contributed by atoms with Crippen molar-refractivity contribution in [2.45, 2.75) is 44.1 Å². The maximum absolute atomic E-state index is 13.7. The number of nitrogen functional groups attached to an aromatic ring is 1. The van der Waals surface area contributed by atoms with Gasteiger partial charge in [0, 0.05) is 11.8 Å². The van der Waals surface area contributed by atoms with Crippen molar-refractivity contribution >= 4 is 17.3 Å². The third kappa shape index (κ3) is 3.60. The first kappa shape index (κ1) is 21.1.